The summed E-state index contributed by atoms with van der Waals surface area (Å²) in [6.07, 6.45) is 1.72. The maximum Gasteiger partial charge on any atom is 0.133 e. The van der Waals surface area contributed by atoms with Crippen molar-refractivity contribution in [3.05, 3.63) is 78.6 Å². The number of rotatable bonds is 4. The zero-order chi connectivity index (χ0) is 16.2. The van der Waals surface area contributed by atoms with Gasteiger partial charge in [-0.1, -0.05) is 30.3 Å². The minimum atomic E-state index is 0.925. The summed E-state index contributed by atoms with van der Waals surface area (Å²) < 4.78 is 5.46. The van der Waals surface area contributed by atoms with Crippen molar-refractivity contribution in [2.45, 2.75) is 6.54 Å². The van der Waals surface area contributed by atoms with E-state index in [1.165, 1.54) is 11.3 Å². The first kappa shape index (κ1) is 15.0. The van der Waals surface area contributed by atoms with E-state index in [2.05, 4.69) is 64.4 Å². The molecule has 122 valence electrons. The molecule has 0 N–H and O–H groups in total. The van der Waals surface area contributed by atoms with Crippen LogP contribution in [0.1, 0.15) is 5.56 Å². The third kappa shape index (κ3) is 3.36. The fraction of sp³-hybridized carbons (Fsp3) is 0.238. The van der Waals surface area contributed by atoms with Crippen molar-refractivity contribution >= 4 is 5.69 Å². The van der Waals surface area contributed by atoms with E-state index in [1.807, 2.05) is 12.1 Å². The van der Waals surface area contributed by atoms with Gasteiger partial charge in [-0.15, -0.1) is 0 Å². The monoisotopic (exact) mass is 318 g/mol. The van der Waals surface area contributed by atoms with Gasteiger partial charge in [0.05, 0.1) is 6.26 Å². The molecule has 3 nitrogen and oxygen atoms in total. The zero-order valence-corrected chi connectivity index (χ0v) is 13.8. The molecule has 0 amide bonds. The molecule has 2 heterocycles. The molecule has 2 aromatic carbocycles. The van der Waals surface area contributed by atoms with Gasteiger partial charge in [-0.25, -0.2) is 0 Å². The van der Waals surface area contributed by atoms with E-state index in [-0.39, 0.29) is 0 Å². The highest BCUT2D eigenvalue weighted by Gasteiger charge is 2.17. The Morgan fingerprint density at radius 3 is 2.17 bits per heavy atom. The normalized spacial score (nSPS) is 15.6. The van der Waals surface area contributed by atoms with E-state index >= 15 is 0 Å². The van der Waals surface area contributed by atoms with Gasteiger partial charge in [0.1, 0.15) is 5.76 Å². The second-order valence-corrected chi connectivity index (χ2v) is 6.27. The molecular weight excluding hydrogens is 296 g/mol. The Kier molecular flexibility index (Phi) is 4.34. The summed E-state index contributed by atoms with van der Waals surface area (Å²) in [6.45, 7) is 5.41. The zero-order valence-electron chi connectivity index (χ0n) is 13.8. The topological polar surface area (TPSA) is 19.6 Å². The highest BCUT2D eigenvalue weighted by molar-refractivity contribution is 5.62. The number of hydrogen-bond donors (Lipinski definition) is 0. The van der Waals surface area contributed by atoms with Crippen molar-refractivity contribution in [3.8, 4) is 11.3 Å². The van der Waals surface area contributed by atoms with E-state index in [0.717, 1.165) is 44.0 Å². The summed E-state index contributed by atoms with van der Waals surface area (Å²) in [6, 6.07) is 23.3. The lowest BCUT2D eigenvalue weighted by Gasteiger charge is -2.36. The summed E-state index contributed by atoms with van der Waals surface area (Å²) in [7, 11) is 0. The largest absolute Gasteiger partial charge is 0.464 e. The summed E-state index contributed by atoms with van der Waals surface area (Å²) in [5.41, 5.74) is 3.82. The van der Waals surface area contributed by atoms with Crippen LogP contribution in [-0.4, -0.2) is 31.1 Å². The minimum absolute atomic E-state index is 0.925. The van der Waals surface area contributed by atoms with E-state index in [4.69, 9.17) is 4.42 Å². The van der Waals surface area contributed by atoms with Crippen LogP contribution in [0.5, 0.6) is 0 Å². The van der Waals surface area contributed by atoms with Gasteiger partial charge in [0.15, 0.2) is 0 Å². The van der Waals surface area contributed by atoms with Gasteiger partial charge in [-0.05, 0) is 42.0 Å². The lowest BCUT2D eigenvalue weighted by atomic mass is 10.1. The Hall–Kier alpha value is -2.52. The molecule has 1 aromatic heterocycles. The molecule has 24 heavy (non-hydrogen) atoms. The van der Waals surface area contributed by atoms with Gasteiger partial charge in [0.2, 0.25) is 0 Å². The fourth-order valence-electron chi connectivity index (χ4n) is 3.29. The summed E-state index contributed by atoms with van der Waals surface area (Å²) in [4.78, 5) is 5.00. The summed E-state index contributed by atoms with van der Waals surface area (Å²) >= 11 is 0. The van der Waals surface area contributed by atoms with Gasteiger partial charge in [0, 0.05) is 44.0 Å². The number of benzene rings is 2. The van der Waals surface area contributed by atoms with E-state index in [1.54, 1.807) is 6.26 Å². The van der Waals surface area contributed by atoms with Crippen LogP contribution in [-0.2, 0) is 6.54 Å². The molecular formula is C21H22N2O. The average Bonchev–Trinajstić information content (AvgIpc) is 3.18. The first-order valence-electron chi connectivity index (χ1n) is 8.54. The number of hydrogen-bond acceptors (Lipinski definition) is 3. The van der Waals surface area contributed by atoms with Gasteiger partial charge < -0.3 is 9.32 Å². The van der Waals surface area contributed by atoms with Gasteiger partial charge >= 0.3 is 0 Å². The summed E-state index contributed by atoms with van der Waals surface area (Å²) in [5, 5.41) is 0. The van der Waals surface area contributed by atoms with Crippen LogP contribution >= 0.6 is 0 Å². The quantitative estimate of drug-likeness (QED) is 0.716. The molecule has 1 aliphatic rings. The van der Waals surface area contributed by atoms with E-state index in [9.17, 15) is 0 Å². The highest BCUT2D eigenvalue weighted by Crippen LogP contribution is 2.24. The number of anilines is 1. The molecule has 3 aromatic rings. The van der Waals surface area contributed by atoms with Crippen molar-refractivity contribution in [3.63, 3.8) is 0 Å². The Bertz CT molecular complexity index is 742. The van der Waals surface area contributed by atoms with Crippen molar-refractivity contribution < 1.29 is 4.42 Å². The number of piperazine rings is 1. The number of nitrogens with zero attached hydrogens (tertiary/aromatic N) is 2. The van der Waals surface area contributed by atoms with Crippen LogP contribution in [0.4, 0.5) is 5.69 Å². The molecule has 0 aliphatic carbocycles. The number of furan rings is 1. The van der Waals surface area contributed by atoms with Crippen molar-refractivity contribution in [2.75, 3.05) is 31.1 Å². The molecule has 0 saturated carbocycles. The van der Waals surface area contributed by atoms with Crippen molar-refractivity contribution in [2.24, 2.45) is 0 Å². The molecule has 0 bridgehead atoms. The first-order valence-corrected chi connectivity index (χ1v) is 8.54. The van der Waals surface area contributed by atoms with Gasteiger partial charge in [-0.2, -0.15) is 0 Å². The van der Waals surface area contributed by atoms with Crippen LogP contribution < -0.4 is 4.90 Å². The smallest absolute Gasteiger partial charge is 0.133 e. The Morgan fingerprint density at radius 1 is 0.750 bits per heavy atom. The lowest BCUT2D eigenvalue weighted by Crippen LogP contribution is -2.45. The standard InChI is InChI=1S/C21H22N2O/c1-2-5-18(6-3-1)17-22-12-14-23(15-13-22)20-10-8-19(9-11-20)21-7-4-16-24-21/h1-11,16H,12-15,17H2. The van der Waals surface area contributed by atoms with Crippen LogP contribution in [0.2, 0.25) is 0 Å². The second-order valence-electron chi connectivity index (χ2n) is 6.27. The Morgan fingerprint density at radius 2 is 1.50 bits per heavy atom. The van der Waals surface area contributed by atoms with Crippen LogP contribution in [0.3, 0.4) is 0 Å². The SMILES string of the molecule is c1ccc(CN2CCN(c3ccc(-c4ccco4)cc3)CC2)cc1. The molecule has 0 atom stereocenters. The predicted octanol–water partition coefficient (Wildman–Crippen LogP) is 4.27. The third-order valence-electron chi connectivity index (χ3n) is 4.66. The summed E-state index contributed by atoms with van der Waals surface area (Å²) in [5.74, 6) is 0.925. The predicted molar refractivity (Wildman–Crippen MR) is 98.1 cm³/mol. The van der Waals surface area contributed by atoms with Gasteiger partial charge in [0.25, 0.3) is 0 Å². The Balaban J connectivity index is 1.35. The molecule has 0 unspecified atom stereocenters. The third-order valence-corrected chi connectivity index (χ3v) is 4.66. The van der Waals surface area contributed by atoms with Crippen LogP contribution in [0.15, 0.2) is 77.4 Å². The molecule has 1 fully saturated rings. The Labute approximate surface area is 143 Å². The van der Waals surface area contributed by atoms with E-state index < -0.39 is 0 Å². The maximum absolute atomic E-state index is 5.46. The van der Waals surface area contributed by atoms with Crippen molar-refractivity contribution in [1.29, 1.82) is 0 Å². The first-order chi connectivity index (χ1) is 11.9. The molecule has 1 saturated heterocycles. The highest BCUT2D eigenvalue weighted by atomic mass is 16.3. The second kappa shape index (κ2) is 6.93. The molecule has 0 spiro atoms. The van der Waals surface area contributed by atoms with E-state index in [0.29, 0.717) is 0 Å². The fourth-order valence-corrected chi connectivity index (χ4v) is 3.29. The molecule has 0 radical (unpaired) electrons. The molecule has 3 heteroatoms. The van der Waals surface area contributed by atoms with Gasteiger partial charge in [-0.3, -0.25) is 4.90 Å². The molecule has 4 rings (SSSR count). The maximum atomic E-state index is 5.46. The van der Waals surface area contributed by atoms with Crippen LogP contribution in [0, 0.1) is 0 Å². The van der Waals surface area contributed by atoms with Crippen LogP contribution in [0.25, 0.3) is 11.3 Å². The average molecular weight is 318 g/mol. The molecule has 1 aliphatic heterocycles. The lowest BCUT2D eigenvalue weighted by molar-refractivity contribution is 0.250. The minimum Gasteiger partial charge on any atom is -0.464 e. The van der Waals surface area contributed by atoms with Crippen molar-refractivity contribution in [1.82, 2.24) is 4.90 Å².